The summed E-state index contributed by atoms with van der Waals surface area (Å²) in [5.74, 6) is 0. The minimum absolute atomic E-state index is 0.125. The first-order valence-electron chi connectivity index (χ1n) is 3.24. The second-order valence-electron chi connectivity index (χ2n) is 2.31. The first-order chi connectivity index (χ1) is 5.54. The van der Waals surface area contributed by atoms with Crippen LogP contribution in [0.25, 0.3) is 0 Å². The molecular formula is C7H9NO2S2. The SMILES string of the molecule is CSc1ccc(S(C)(=O)=O)nc1. The molecule has 0 aliphatic heterocycles. The van der Waals surface area contributed by atoms with Crippen molar-refractivity contribution in [2.45, 2.75) is 9.92 Å². The summed E-state index contributed by atoms with van der Waals surface area (Å²) in [4.78, 5) is 4.77. The van der Waals surface area contributed by atoms with Gasteiger partial charge in [-0.3, -0.25) is 0 Å². The maximum absolute atomic E-state index is 11.0. The molecule has 0 unspecified atom stereocenters. The summed E-state index contributed by atoms with van der Waals surface area (Å²) in [5.41, 5.74) is 0. The van der Waals surface area contributed by atoms with E-state index in [1.54, 1.807) is 12.3 Å². The lowest BCUT2D eigenvalue weighted by molar-refractivity contribution is 0.598. The highest BCUT2D eigenvalue weighted by atomic mass is 32.2. The van der Waals surface area contributed by atoms with Crippen LogP contribution in [0.4, 0.5) is 0 Å². The molecule has 1 aromatic heterocycles. The van der Waals surface area contributed by atoms with Gasteiger partial charge in [-0.1, -0.05) is 0 Å². The zero-order valence-electron chi connectivity index (χ0n) is 6.81. The molecule has 0 atom stereocenters. The molecule has 0 aromatic carbocycles. The molecule has 0 aliphatic carbocycles. The molecule has 0 radical (unpaired) electrons. The van der Waals surface area contributed by atoms with E-state index in [1.807, 2.05) is 6.26 Å². The van der Waals surface area contributed by atoms with E-state index in [0.29, 0.717) is 0 Å². The normalized spacial score (nSPS) is 11.5. The molecule has 5 heteroatoms. The van der Waals surface area contributed by atoms with Crippen LogP contribution in [-0.4, -0.2) is 25.9 Å². The lowest BCUT2D eigenvalue weighted by atomic mass is 10.5. The standard InChI is InChI=1S/C7H9NO2S2/c1-11-6-3-4-7(8-5-6)12(2,9)10/h3-5H,1-2H3. The van der Waals surface area contributed by atoms with Gasteiger partial charge in [-0.05, 0) is 18.4 Å². The number of pyridine rings is 1. The van der Waals surface area contributed by atoms with Crippen LogP contribution in [0.2, 0.25) is 0 Å². The highest BCUT2D eigenvalue weighted by molar-refractivity contribution is 7.98. The summed E-state index contributed by atoms with van der Waals surface area (Å²) in [5, 5.41) is 0.125. The number of hydrogen-bond donors (Lipinski definition) is 0. The molecule has 0 spiro atoms. The van der Waals surface area contributed by atoms with Gasteiger partial charge < -0.3 is 0 Å². The Morgan fingerprint density at radius 3 is 2.42 bits per heavy atom. The first kappa shape index (κ1) is 9.54. The van der Waals surface area contributed by atoms with E-state index in [4.69, 9.17) is 0 Å². The molecule has 66 valence electrons. The third-order valence-electron chi connectivity index (χ3n) is 1.32. The summed E-state index contributed by atoms with van der Waals surface area (Å²) in [6.45, 7) is 0. The molecule has 0 aliphatic rings. The van der Waals surface area contributed by atoms with Crippen LogP contribution < -0.4 is 0 Å². The van der Waals surface area contributed by atoms with Crippen molar-refractivity contribution < 1.29 is 8.42 Å². The van der Waals surface area contributed by atoms with Crippen LogP contribution in [0.3, 0.4) is 0 Å². The predicted octanol–water partition coefficient (Wildman–Crippen LogP) is 1.21. The van der Waals surface area contributed by atoms with E-state index in [2.05, 4.69) is 4.98 Å². The smallest absolute Gasteiger partial charge is 0.192 e. The number of thioether (sulfide) groups is 1. The summed E-state index contributed by atoms with van der Waals surface area (Å²) < 4.78 is 21.9. The quantitative estimate of drug-likeness (QED) is 0.678. The molecule has 0 amide bonds. The molecule has 1 heterocycles. The first-order valence-corrected chi connectivity index (χ1v) is 6.36. The molecule has 0 bridgehead atoms. The van der Waals surface area contributed by atoms with Gasteiger partial charge in [0.05, 0.1) is 0 Å². The Labute approximate surface area is 76.1 Å². The molecule has 0 saturated carbocycles. The summed E-state index contributed by atoms with van der Waals surface area (Å²) in [6.07, 6.45) is 4.62. The highest BCUT2D eigenvalue weighted by Crippen LogP contribution is 2.14. The lowest BCUT2D eigenvalue weighted by Gasteiger charge is -1.97. The van der Waals surface area contributed by atoms with Crippen molar-refractivity contribution in [2.75, 3.05) is 12.5 Å². The van der Waals surface area contributed by atoms with Crippen LogP contribution >= 0.6 is 11.8 Å². The van der Waals surface area contributed by atoms with Crippen molar-refractivity contribution in [3.05, 3.63) is 18.3 Å². The number of aromatic nitrogens is 1. The van der Waals surface area contributed by atoms with E-state index in [0.717, 1.165) is 11.2 Å². The highest BCUT2D eigenvalue weighted by Gasteiger charge is 2.07. The van der Waals surface area contributed by atoms with Gasteiger partial charge in [-0.2, -0.15) is 0 Å². The minimum atomic E-state index is -3.15. The van der Waals surface area contributed by atoms with Crippen molar-refractivity contribution in [3.63, 3.8) is 0 Å². The number of rotatable bonds is 2. The average molecular weight is 203 g/mol. The van der Waals surface area contributed by atoms with Crippen molar-refractivity contribution in [3.8, 4) is 0 Å². The van der Waals surface area contributed by atoms with Crippen LogP contribution in [-0.2, 0) is 9.84 Å². The van der Waals surface area contributed by atoms with Gasteiger partial charge in [-0.25, -0.2) is 13.4 Å². The van der Waals surface area contributed by atoms with Gasteiger partial charge in [0.1, 0.15) is 0 Å². The third-order valence-corrected chi connectivity index (χ3v) is 3.04. The fourth-order valence-electron chi connectivity index (χ4n) is 0.707. The number of nitrogens with zero attached hydrogens (tertiary/aromatic N) is 1. The average Bonchev–Trinajstić information content (AvgIpc) is 2.03. The fraction of sp³-hybridized carbons (Fsp3) is 0.286. The van der Waals surface area contributed by atoms with Gasteiger partial charge in [0.2, 0.25) is 0 Å². The zero-order valence-corrected chi connectivity index (χ0v) is 8.45. The van der Waals surface area contributed by atoms with Crippen molar-refractivity contribution in [1.82, 2.24) is 4.98 Å². The van der Waals surface area contributed by atoms with E-state index >= 15 is 0 Å². The molecule has 3 nitrogen and oxygen atoms in total. The lowest BCUT2D eigenvalue weighted by Crippen LogP contribution is -1.99. The van der Waals surface area contributed by atoms with Gasteiger partial charge in [-0.15, -0.1) is 11.8 Å². The Morgan fingerprint density at radius 2 is 2.08 bits per heavy atom. The number of sulfone groups is 1. The van der Waals surface area contributed by atoms with E-state index in [1.165, 1.54) is 17.8 Å². The van der Waals surface area contributed by atoms with Crippen LogP contribution in [0.5, 0.6) is 0 Å². The van der Waals surface area contributed by atoms with E-state index in [9.17, 15) is 8.42 Å². The molecule has 0 saturated heterocycles. The molecule has 0 N–H and O–H groups in total. The monoisotopic (exact) mass is 203 g/mol. The van der Waals surface area contributed by atoms with E-state index in [-0.39, 0.29) is 5.03 Å². The largest absolute Gasteiger partial charge is 0.244 e. The Kier molecular flexibility index (Phi) is 2.74. The Morgan fingerprint density at radius 1 is 1.42 bits per heavy atom. The van der Waals surface area contributed by atoms with Crippen LogP contribution in [0.15, 0.2) is 28.3 Å². The van der Waals surface area contributed by atoms with Gasteiger partial charge in [0.25, 0.3) is 0 Å². The molecular weight excluding hydrogens is 194 g/mol. The predicted molar refractivity (Wildman–Crippen MR) is 49.1 cm³/mol. The zero-order chi connectivity index (χ0) is 9.19. The van der Waals surface area contributed by atoms with Crippen LogP contribution in [0.1, 0.15) is 0 Å². The van der Waals surface area contributed by atoms with Crippen molar-refractivity contribution >= 4 is 21.6 Å². The second-order valence-corrected chi connectivity index (χ2v) is 5.15. The molecule has 1 rings (SSSR count). The Hall–Kier alpha value is -0.550. The Bertz CT molecular complexity index is 355. The molecule has 12 heavy (non-hydrogen) atoms. The second kappa shape index (κ2) is 3.45. The van der Waals surface area contributed by atoms with Gasteiger partial charge in [0, 0.05) is 17.3 Å². The van der Waals surface area contributed by atoms with Crippen molar-refractivity contribution in [1.29, 1.82) is 0 Å². The van der Waals surface area contributed by atoms with E-state index < -0.39 is 9.84 Å². The maximum Gasteiger partial charge on any atom is 0.192 e. The Balaban J connectivity index is 3.09. The third kappa shape index (κ3) is 2.22. The molecule has 0 fully saturated rings. The number of hydrogen-bond acceptors (Lipinski definition) is 4. The summed E-state index contributed by atoms with van der Waals surface area (Å²) in [7, 11) is -3.15. The summed E-state index contributed by atoms with van der Waals surface area (Å²) >= 11 is 1.53. The van der Waals surface area contributed by atoms with Gasteiger partial charge in [0.15, 0.2) is 14.9 Å². The maximum atomic E-state index is 11.0. The summed E-state index contributed by atoms with van der Waals surface area (Å²) in [6, 6.07) is 3.26. The molecule has 1 aromatic rings. The van der Waals surface area contributed by atoms with Crippen molar-refractivity contribution in [2.24, 2.45) is 0 Å². The van der Waals surface area contributed by atoms with Crippen LogP contribution in [0, 0.1) is 0 Å². The fourth-order valence-corrected chi connectivity index (χ4v) is 1.63. The van der Waals surface area contributed by atoms with Gasteiger partial charge >= 0.3 is 0 Å². The topological polar surface area (TPSA) is 47.0 Å². The minimum Gasteiger partial charge on any atom is -0.244 e.